The molecule has 3 N–H and O–H groups in total. The zero-order valence-corrected chi connectivity index (χ0v) is 7.89. The van der Waals surface area contributed by atoms with Crippen molar-refractivity contribution in [2.24, 2.45) is 5.73 Å². The molecule has 0 saturated carbocycles. The van der Waals surface area contributed by atoms with E-state index in [0.29, 0.717) is 6.54 Å². The van der Waals surface area contributed by atoms with Crippen molar-refractivity contribution in [1.82, 2.24) is 5.32 Å². The number of hydrogen-bond donors (Lipinski definition) is 3. The van der Waals surface area contributed by atoms with Crippen LogP contribution in [0.1, 0.15) is 12.8 Å². The highest BCUT2D eigenvalue weighted by Gasteiger charge is 1.89. The third kappa shape index (κ3) is 9.83. The third-order valence-corrected chi connectivity index (χ3v) is 1.66. The molecule has 0 fully saturated rings. The van der Waals surface area contributed by atoms with E-state index < -0.39 is 11.0 Å². The quantitative estimate of drug-likeness (QED) is 0.338. The largest absolute Gasteiger partial charge is 0.329 e. The van der Waals surface area contributed by atoms with E-state index in [1.165, 1.54) is 0 Å². The van der Waals surface area contributed by atoms with E-state index in [9.17, 15) is 8.42 Å². The molecule has 0 bridgehead atoms. The summed E-state index contributed by atoms with van der Waals surface area (Å²) in [6.07, 6.45) is 1.66. The maximum atomic E-state index is 9.92. The molecule has 0 spiro atoms. The molecule has 0 aromatic rings. The van der Waals surface area contributed by atoms with Crippen LogP contribution in [0.5, 0.6) is 0 Å². The first kappa shape index (κ1) is 11.8. The van der Waals surface area contributed by atoms with Crippen molar-refractivity contribution in [3.8, 4) is 0 Å². The van der Waals surface area contributed by atoms with Gasteiger partial charge in [0, 0.05) is 13.1 Å². The van der Waals surface area contributed by atoms with Crippen molar-refractivity contribution in [3.05, 3.63) is 0 Å². The van der Waals surface area contributed by atoms with Gasteiger partial charge in [-0.1, -0.05) is 0 Å². The van der Waals surface area contributed by atoms with Gasteiger partial charge < -0.3 is 11.1 Å². The molecule has 0 aliphatic carbocycles. The first-order valence-corrected chi connectivity index (χ1v) is 5.05. The lowest BCUT2D eigenvalue weighted by Crippen LogP contribution is -2.23. The molecule has 0 heterocycles. The molecule has 74 valence electrons. The fraction of sp³-hybridized carbons (Fsp3) is 1.00. The van der Waals surface area contributed by atoms with Crippen LogP contribution in [0.25, 0.3) is 0 Å². The summed E-state index contributed by atoms with van der Waals surface area (Å²) in [5.74, 6) is 0. The highest BCUT2D eigenvalue weighted by atomic mass is 32.2. The Labute approximate surface area is 74.4 Å². The van der Waals surface area contributed by atoms with E-state index in [0.717, 1.165) is 25.9 Å². The lowest BCUT2D eigenvalue weighted by molar-refractivity contribution is 0.321. The lowest BCUT2D eigenvalue weighted by Gasteiger charge is -2.00. The molecule has 0 aliphatic heterocycles. The molecule has 0 radical (unpaired) electrons. The Balaban J connectivity index is 2.91. The minimum atomic E-state index is -2.67. The molecule has 0 unspecified atom stereocenters. The molecule has 12 heavy (non-hydrogen) atoms. The topological polar surface area (TPSA) is 81.4 Å². The SMILES string of the molecule is NCCNCCCCO[SH](=O)=O. The van der Waals surface area contributed by atoms with Gasteiger partial charge in [-0.25, -0.2) is 8.42 Å². The Morgan fingerprint density at radius 2 is 2.00 bits per heavy atom. The van der Waals surface area contributed by atoms with E-state index in [-0.39, 0.29) is 6.61 Å². The van der Waals surface area contributed by atoms with Crippen LogP contribution in [0.3, 0.4) is 0 Å². The van der Waals surface area contributed by atoms with Crippen LogP contribution in [0, 0.1) is 0 Å². The van der Waals surface area contributed by atoms with Crippen LogP contribution in [-0.2, 0) is 15.2 Å². The monoisotopic (exact) mass is 196 g/mol. The number of rotatable bonds is 8. The van der Waals surface area contributed by atoms with Crippen LogP contribution in [0.15, 0.2) is 0 Å². The van der Waals surface area contributed by atoms with Crippen molar-refractivity contribution in [1.29, 1.82) is 0 Å². The maximum absolute atomic E-state index is 9.92. The fourth-order valence-corrected chi connectivity index (χ4v) is 0.996. The van der Waals surface area contributed by atoms with E-state index >= 15 is 0 Å². The van der Waals surface area contributed by atoms with Gasteiger partial charge >= 0.3 is 0 Å². The van der Waals surface area contributed by atoms with Crippen molar-refractivity contribution < 1.29 is 12.6 Å². The molecular weight excluding hydrogens is 180 g/mol. The normalized spacial score (nSPS) is 10.8. The molecule has 0 aromatic heterocycles. The van der Waals surface area contributed by atoms with Gasteiger partial charge in [0.1, 0.15) is 0 Å². The average molecular weight is 196 g/mol. The van der Waals surface area contributed by atoms with E-state index in [4.69, 9.17) is 5.73 Å². The molecule has 0 aliphatic rings. The van der Waals surface area contributed by atoms with Gasteiger partial charge in [0.05, 0.1) is 6.61 Å². The molecular formula is C6H16N2O3S. The van der Waals surface area contributed by atoms with Gasteiger partial charge in [-0.15, -0.1) is 0 Å². The van der Waals surface area contributed by atoms with Crippen molar-refractivity contribution in [2.75, 3.05) is 26.2 Å². The first-order valence-electron chi connectivity index (χ1n) is 3.95. The van der Waals surface area contributed by atoms with Gasteiger partial charge in [-0.3, -0.25) is 4.18 Å². The second-order valence-electron chi connectivity index (χ2n) is 2.30. The minimum Gasteiger partial charge on any atom is -0.329 e. The molecule has 6 heteroatoms. The van der Waals surface area contributed by atoms with Gasteiger partial charge in [-0.2, -0.15) is 0 Å². The smallest absolute Gasteiger partial charge is 0.257 e. The second kappa shape index (κ2) is 8.92. The molecule has 0 amide bonds. The summed E-state index contributed by atoms with van der Waals surface area (Å²) in [5.41, 5.74) is 5.24. The van der Waals surface area contributed by atoms with Gasteiger partial charge in [0.2, 0.25) is 0 Å². The molecule has 0 rings (SSSR count). The van der Waals surface area contributed by atoms with Crippen LogP contribution in [0.2, 0.25) is 0 Å². The van der Waals surface area contributed by atoms with Crippen molar-refractivity contribution in [3.63, 3.8) is 0 Å². The van der Waals surface area contributed by atoms with Gasteiger partial charge in [0.25, 0.3) is 11.0 Å². The van der Waals surface area contributed by atoms with Crippen LogP contribution < -0.4 is 11.1 Å². The number of nitrogens with two attached hydrogens (primary N) is 1. The van der Waals surface area contributed by atoms with Crippen molar-refractivity contribution in [2.45, 2.75) is 12.8 Å². The average Bonchev–Trinajstić information content (AvgIpc) is 2.02. The Kier molecular flexibility index (Phi) is 8.80. The first-order chi connectivity index (χ1) is 5.77. The summed E-state index contributed by atoms with van der Waals surface area (Å²) in [4.78, 5) is 0. The zero-order valence-electron chi connectivity index (χ0n) is 6.99. The summed E-state index contributed by atoms with van der Waals surface area (Å²) < 4.78 is 24.2. The highest BCUT2D eigenvalue weighted by molar-refractivity contribution is 7.67. The number of thiol groups is 1. The summed E-state index contributed by atoms with van der Waals surface area (Å²) in [7, 11) is -2.67. The molecule has 0 atom stereocenters. The zero-order chi connectivity index (χ0) is 9.23. The minimum absolute atomic E-state index is 0.281. The van der Waals surface area contributed by atoms with E-state index in [2.05, 4.69) is 9.50 Å². The summed E-state index contributed by atoms with van der Waals surface area (Å²) in [6.45, 7) is 2.57. The lowest BCUT2D eigenvalue weighted by atomic mass is 10.3. The molecule has 0 saturated heterocycles. The Morgan fingerprint density at radius 3 is 2.58 bits per heavy atom. The number of unbranched alkanes of at least 4 members (excludes halogenated alkanes) is 1. The fourth-order valence-electron chi connectivity index (χ4n) is 0.718. The van der Waals surface area contributed by atoms with Gasteiger partial charge in [-0.05, 0) is 19.4 Å². The molecule has 5 nitrogen and oxygen atoms in total. The highest BCUT2D eigenvalue weighted by Crippen LogP contribution is 1.87. The van der Waals surface area contributed by atoms with E-state index in [1.807, 2.05) is 0 Å². The Morgan fingerprint density at radius 1 is 1.25 bits per heavy atom. The number of hydrogen-bond acceptors (Lipinski definition) is 5. The summed E-state index contributed by atoms with van der Waals surface area (Å²) >= 11 is 0. The van der Waals surface area contributed by atoms with E-state index in [1.54, 1.807) is 0 Å². The Bertz CT molecular complexity index is 153. The van der Waals surface area contributed by atoms with Crippen LogP contribution in [-0.4, -0.2) is 34.7 Å². The molecule has 0 aromatic carbocycles. The van der Waals surface area contributed by atoms with Crippen LogP contribution in [0.4, 0.5) is 0 Å². The third-order valence-electron chi connectivity index (χ3n) is 1.27. The van der Waals surface area contributed by atoms with Crippen molar-refractivity contribution >= 4 is 11.0 Å². The predicted octanol–water partition coefficient (Wildman–Crippen LogP) is -1.14. The summed E-state index contributed by atoms with van der Waals surface area (Å²) in [5, 5.41) is 3.09. The van der Waals surface area contributed by atoms with Gasteiger partial charge in [0.15, 0.2) is 0 Å². The van der Waals surface area contributed by atoms with Crippen LogP contribution >= 0.6 is 0 Å². The summed E-state index contributed by atoms with van der Waals surface area (Å²) in [6, 6.07) is 0. The number of nitrogens with one attached hydrogen (secondary N) is 1. The standard InChI is InChI=1S/C6H16N2O3S/c7-3-5-8-4-1-2-6-11-12(9)10/h8,12H,1-7H2. The maximum Gasteiger partial charge on any atom is 0.257 e. The Hall–Kier alpha value is -0.170. The second-order valence-corrected chi connectivity index (χ2v) is 3.01. The predicted molar refractivity (Wildman–Crippen MR) is 47.4 cm³/mol.